The molecule has 2 aliphatic rings. The topological polar surface area (TPSA) is 34.1 Å². The van der Waals surface area contributed by atoms with Crippen molar-refractivity contribution >= 4 is 12.6 Å². The van der Waals surface area contributed by atoms with Gasteiger partial charge in [-0.3, -0.25) is 0 Å². The molecule has 4 heteroatoms. The summed E-state index contributed by atoms with van der Waals surface area (Å²) < 4.78 is 0. The first-order chi connectivity index (χ1) is 8.86. The minimum atomic E-state index is 0. The first-order valence-electron chi connectivity index (χ1n) is 6.35. The molecule has 0 bridgehead atoms. The van der Waals surface area contributed by atoms with Gasteiger partial charge in [-0.15, -0.1) is 18.2 Å². The van der Waals surface area contributed by atoms with Gasteiger partial charge in [0.25, 0.3) is 0 Å². The zero-order valence-electron chi connectivity index (χ0n) is 12.8. The van der Waals surface area contributed by atoms with Crippen molar-refractivity contribution in [1.82, 2.24) is 0 Å². The summed E-state index contributed by atoms with van der Waals surface area (Å²) >= 11 is 0. The molecular weight excluding hydrogens is 414 g/mol. The van der Waals surface area contributed by atoms with Crippen LogP contribution in [0.1, 0.15) is 48.0 Å². The predicted octanol–water partition coefficient (Wildman–Crippen LogP) is 4.65. The summed E-state index contributed by atoms with van der Waals surface area (Å²) in [5.74, 6) is 0. The van der Waals surface area contributed by atoms with E-state index < -0.39 is 0 Å². The standard InChI is InChI=1S/2C6H5O.2C2H6.CH4.2Y/c2*7-5-6-3-1-2-4-6;2*1-2;;;/h1,3-4H,2H2;1-3H,4H2;2*1-2H3;1H4;;/q2*-1;;;;;. The number of hydrogen-bond donors (Lipinski definition) is 0. The second-order valence-corrected chi connectivity index (χ2v) is 2.83. The van der Waals surface area contributed by atoms with Gasteiger partial charge < -0.3 is 9.59 Å². The van der Waals surface area contributed by atoms with Crippen molar-refractivity contribution in [3.63, 3.8) is 0 Å². The van der Waals surface area contributed by atoms with Crippen molar-refractivity contribution in [2.75, 3.05) is 0 Å². The van der Waals surface area contributed by atoms with E-state index in [0.29, 0.717) is 5.57 Å². The molecule has 0 aromatic rings. The van der Waals surface area contributed by atoms with E-state index in [0.717, 1.165) is 18.4 Å². The molecule has 0 fully saturated rings. The van der Waals surface area contributed by atoms with Gasteiger partial charge in [-0.05, 0) is 12.7 Å². The van der Waals surface area contributed by atoms with Gasteiger partial charge in [0, 0.05) is 65.4 Å². The third-order valence-electron chi connectivity index (χ3n) is 1.79. The Balaban J connectivity index is -0.0000000589. The molecule has 2 radical (unpaired) electrons. The summed E-state index contributed by atoms with van der Waals surface area (Å²) in [5, 5.41) is 0. The SMILES string of the molecule is C.CC.CC.O=[C-]C1=CC=CC1.O=[C-]C1=CCC=C1.[Y].[Y]. The summed E-state index contributed by atoms with van der Waals surface area (Å²) in [6.45, 7) is 8.00. The van der Waals surface area contributed by atoms with Crippen LogP contribution in [0.4, 0.5) is 0 Å². The molecule has 0 heterocycles. The molecule has 2 nitrogen and oxygen atoms in total. The van der Waals surface area contributed by atoms with Crippen LogP contribution in [0.2, 0.25) is 0 Å². The summed E-state index contributed by atoms with van der Waals surface area (Å²) in [5.41, 5.74) is 1.43. The van der Waals surface area contributed by atoms with Gasteiger partial charge in [-0.25, -0.2) is 6.08 Å². The minimum absolute atomic E-state index is 0. The van der Waals surface area contributed by atoms with E-state index in [1.807, 2.05) is 58.3 Å². The molecule has 0 atom stereocenters. The van der Waals surface area contributed by atoms with Gasteiger partial charge in [0.05, 0.1) is 6.29 Å². The van der Waals surface area contributed by atoms with Crippen LogP contribution in [0.5, 0.6) is 0 Å². The first-order valence-corrected chi connectivity index (χ1v) is 6.35. The maximum Gasteiger partial charge on any atom is 0.0624 e. The van der Waals surface area contributed by atoms with E-state index in [2.05, 4.69) is 0 Å². The van der Waals surface area contributed by atoms with Crippen molar-refractivity contribution in [1.29, 1.82) is 0 Å². The Hall–Kier alpha value is 0.508. The molecule has 114 valence electrons. The van der Waals surface area contributed by atoms with Crippen molar-refractivity contribution in [2.45, 2.75) is 48.0 Å². The monoisotopic (exact) mass is 440 g/mol. The smallest absolute Gasteiger partial charge is 0.0624 e. The summed E-state index contributed by atoms with van der Waals surface area (Å²) in [4.78, 5) is 19.5. The maximum atomic E-state index is 9.77. The Kier molecular flexibility index (Phi) is 45.3. The molecule has 0 unspecified atom stereocenters. The first kappa shape index (κ1) is 33.2. The largest absolute Gasteiger partial charge is 0.419 e. The second kappa shape index (κ2) is 28.6. The zero-order valence-corrected chi connectivity index (χ0v) is 18.5. The van der Waals surface area contributed by atoms with Gasteiger partial charge in [0.1, 0.15) is 0 Å². The normalized spacial score (nSPS) is 11.8. The molecule has 0 aliphatic heterocycles. The van der Waals surface area contributed by atoms with Crippen LogP contribution in [0.25, 0.3) is 0 Å². The number of allylic oxidation sites excluding steroid dienone is 8. The predicted molar refractivity (Wildman–Crippen MR) is 84.5 cm³/mol. The fraction of sp³-hybridized carbons (Fsp3) is 0.412. The number of hydrogen-bond acceptors (Lipinski definition) is 2. The molecule has 2 aliphatic carbocycles. The average Bonchev–Trinajstić information content (AvgIpc) is 3.17. The van der Waals surface area contributed by atoms with Crippen LogP contribution >= 0.6 is 0 Å². The van der Waals surface area contributed by atoms with Gasteiger partial charge in [0.2, 0.25) is 0 Å². The fourth-order valence-electron chi connectivity index (χ4n) is 1.06. The molecule has 21 heavy (non-hydrogen) atoms. The van der Waals surface area contributed by atoms with Gasteiger partial charge in [-0.2, -0.15) is 23.3 Å². The van der Waals surface area contributed by atoms with Crippen LogP contribution in [-0.2, 0) is 75.0 Å². The molecular formula is C17H26O2Y2-2. The average molecular weight is 440 g/mol. The van der Waals surface area contributed by atoms with E-state index in [1.165, 1.54) is 0 Å². The van der Waals surface area contributed by atoms with Gasteiger partial charge >= 0.3 is 0 Å². The van der Waals surface area contributed by atoms with Crippen LogP contribution < -0.4 is 0 Å². The van der Waals surface area contributed by atoms with Crippen LogP contribution in [0.3, 0.4) is 0 Å². The van der Waals surface area contributed by atoms with Crippen LogP contribution in [0.15, 0.2) is 47.6 Å². The van der Waals surface area contributed by atoms with E-state index >= 15 is 0 Å². The Morgan fingerprint density at radius 1 is 0.952 bits per heavy atom. The summed E-state index contributed by atoms with van der Waals surface area (Å²) in [6.07, 6.45) is 16.4. The molecule has 0 aromatic heterocycles. The third kappa shape index (κ3) is 20.5. The molecule has 0 amide bonds. The summed E-state index contributed by atoms with van der Waals surface area (Å²) in [7, 11) is 0. The van der Waals surface area contributed by atoms with Crippen molar-refractivity contribution < 1.29 is 75.0 Å². The molecule has 0 aromatic carbocycles. The molecule has 0 saturated carbocycles. The van der Waals surface area contributed by atoms with Crippen molar-refractivity contribution in [3.05, 3.63) is 47.6 Å². The molecule has 0 saturated heterocycles. The van der Waals surface area contributed by atoms with Crippen LogP contribution in [0, 0.1) is 0 Å². The molecule has 2 rings (SSSR count). The van der Waals surface area contributed by atoms with E-state index in [1.54, 1.807) is 18.4 Å². The Morgan fingerprint density at radius 2 is 1.52 bits per heavy atom. The second-order valence-electron chi connectivity index (χ2n) is 2.83. The quantitative estimate of drug-likeness (QED) is 0.587. The maximum absolute atomic E-state index is 9.77. The number of rotatable bonds is 2. The van der Waals surface area contributed by atoms with E-state index in [-0.39, 0.29) is 72.8 Å². The Labute approximate surface area is 181 Å². The fourth-order valence-corrected chi connectivity index (χ4v) is 1.06. The summed E-state index contributed by atoms with van der Waals surface area (Å²) in [6, 6.07) is 0. The Bertz CT molecular complexity index is 341. The van der Waals surface area contributed by atoms with Crippen molar-refractivity contribution in [2.24, 2.45) is 0 Å². The van der Waals surface area contributed by atoms with Gasteiger partial charge in [-0.1, -0.05) is 41.5 Å². The van der Waals surface area contributed by atoms with E-state index in [4.69, 9.17) is 0 Å². The molecule has 0 N–H and O–H groups in total. The van der Waals surface area contributed by atoms with Gasteiger partial charge in [0.15, 0.2) is 0 Å². The molecule has 0 spiro atoms. The zero-order chi connectivity index (χ0) is 14.2. The number of carbonyl (C=O) groups excluding carboxylic acids is 2. The van der Waals surface area contributed by atoms with E-state index in [9.17, 15) is 9.59 Å². The third-order valence-corrected chi connectivity index (χ3v) is 1.79. The van der Waals surface area contributed by atoms with Crippen molar-refractivity contribution in [3.8, 4) is 0 Å². The Morgan fingerprint density at radius 3 is 1.71 bits per heavy atom. The van der Waals surface area contributed by atoms with Crippen LogP contribution in [-0.4, -0.2) is 12.6 Å². The minimum Gasteiger partial charge on any atom is -0.419 e.